The number of nitrogens with zero attached hydrogens (tertiary/aromatic N) is 1. The number of benzene rings is 1. The summed E-state index contributed by atoms with van der Waals surface area (Å²) in [4.78, 5) is 13.8. The number of rotatable bonds is 8. The maximum Gasteiger partial charge on any atom is 0.253 e. The van der Waals surface area contributed by atoms with Crippen LogP contribution in [0.1, 0.15) is 32.2 Å². The monoisotopic (exact) mass is 402 g/mol. The van der Waals surface area contributed by atoms with Gasteiger partial charge < -0.3 is 9.88 Å². The third kappa shape index (κ3) is 5.02. The van der Waals surface area contributed by atoms with Gasteiger partial charge in [0.25, 0.3) is 5.91 Å². The number of aryl methyl sites for hydroxylation is 1. The van der Waals surface area contributed by atoms with Crippen LogP contribution in [0.25, 0.3) is 0 Å². The lowest BCUT2D eigenvalue weighted by Gasteiger charge is -2.09. The topological polar surface area (TPSA) is 34.0 Å². The van der Waals surface area contributed by atoms with Crippen molar-refractivity contribution in [1.82, 2.24) is 9.88 Å². The van der Waals surface area contributed by atoms with Crippen molar-refractivity contribution in [3.8, 4) is 0 Å². The summed E-state index contributed by atoms with van der Waals surface area (Å²) in [5, 5.41) is 5.04. The molecule has 0 saturated heterocycles. The third-order valence-electron chi connectivity index (χ3n) is 4.46. The molecule has 1 amide bonds. The van der Waals surface area contributed by atoms with Crippen LogP contribution in [-0.4, -0.2) is 22.8 Å². The molecular weight excluding hydrogens is 379 g/mol. The van der Waals surface area contributed by atoms with Gasteiger partial charge >= 0.3 is 0 Å². The zero-order valence-corrected chi connectivity index (χ0v) is 17.1. The molecule has 0 spiro atoms. The van der Waals surface area contributed by atoms with Crippen molar-refractivity contribution in [2.24, 2.45) is 0 Å². The number of halogens is 1. The molecule has 27 heavy (non-hydrogen) atoms. The summed E-state index contributed by atoms with van der Waals surface area (Å²) in [6.45, 7) is 5.37. The first kappa shape index (κ1) is 19.7. The molecule has 0 bridgehead atoms. The van der Waals surface area contributed by atoms with Gasteiger partial charge in [-0.1, -0.05) is 24.3 Å². The van der Waals surface area contributed by atoms with E-state index in [1.807, 2.05) is 32.0 Å². The van der Waals surface area contributed by atoms with Crippen molar-refractivity contribution in [2.45, 2.75) is 26.1 Å². The fraction of sp³-hybridized carbons (Fsp3) is 0.286. The Labute approximate surface area is 167 Å². The molecule has 0 aliphatic rings. The Hall–Kier alpha value is -2.05. The molecule has 0 aliphatic heterocycles. The highest BCUT2D eigenvalue weighted by Crippen LogP contribution is 2.19. The van der Waals surface area contributed by atoms with Crippen LogP contribution in [0.4, 0.5) is 4.39 Å². The van der Waals surface area contributed by atoms with Gasteiger partial charge in [-0.15, -0.1) is 11.3 Å². The molecule has 1 aromatic carbocycles. The average Bonchev–Trinajstić information content (AvgIpc) is 3.26. The predicted octanol–water partition coefficient (Wildman–Crippen LogP) is 5.02. The zero-order chi connectivity index (χ0) is 19.2. The largest absolute Gasteiger partial charge is 0.351 e. The molecule has 2 heterocycles. The number of hydrogen-bond donors (Lipinski definition) is 1. The number of hydrogen-bond acceptors (Lipinski definition) is 3. The van der Waals surface area contributed by atoms with Gasteiger partial charge in [-0.3, -0.25) is 4.79 Å². The number of aromatic nitrogens is 1. The smallest absolute Gasteiger partial charge is 0.253 e. The van der Waals surface area contributed by atoms with Gasteiger partial charge in [0.1, 0.15) is 5.82 Å². The molecule has 142 valence electrons. The fourth-order valence-electron chi connectivity index (χ4n) is 2.96. The van der Waals surface area contributed by atoms with Crippen molar-refractivity contribution in [3.05, 3.63) is 81.1 Å². The molecule has 6 heteroatoms. The van der Waals surface area contributed by atoms with E-state index < -0.39 is 0 Å². The lowest BCUT2D eigenvalue weighted by atomic mass is 10.2. The highest BCUT2D eigenvalue weighted by atomic mass is 32.2. The summed E-state index contributed by atoms with van der Waals surface area (Å²) in [5.41, 5.74) is 3.49. The summed E-state index contributed by atoms with van der Waals surface area (Å²) in [6.07, 6.45) is 0. The van der Waals surface area contributed by atoms with E-state index in [0.717, 1.165) is 29.2 Å². The Bertz CT molecular complexity index is 903. The Kier molecular flexibility index (Phi) is 6.74. The van der Waals surface area contributed by atoms with Crippen molar-refractivity contribution in [2.75, 3.05) is 12.3 Å². The van der Waals surface area contributed by atoms with Gasteiger partial charge in [-0.05, 0) is 43.0 Å². The normalized spacial score (nSPS) is 10.9. The minimum absolute atomic E-state index is 0.0491. The van der Waals surface area contributed by atoms with Crippen molar-refractivity contribution < 1.29 is 9.18 Å². The lowest BCUT2D eigenvalue weighted by Crippen LogP contribution is -2.26. The van der Waals surface area contributed by atoms with E-state index in [1.54, 1.807) is 35.2 Å². The van der Waals surface area contributed by atoms with Gasteiger partial charge in [-0.25, -0.2) is 4.39 Å². The number of thioether (sulfide) groups is 1. The molecule has 2 aromatic heterocycles. The van der Waals surface area contributed by atoms with Gasteiger partial charge in [-0.2, -0.15) is 11.8 Å². The predicted molar refractivity (Wildman–Crippen MR) is 112 cm³/mol. The molecule has 0 saturated carbocycles. The van der Waals surface area contributed by atoms with Gasteiger partial charge in [0, 0.05) is 34.3 Å². The standard InChI is InChI=1S/C21H23FN2OS2/c1-15-12-19(16(2)24(15)13-18-7-5-10-27-18)21(25)23-9-11-26-14-17-6-3-4-8-20(17)22/h3-8,10,12H,9,11,13-14H2,1-2H3,(H,23,25). The van der Waals surface area contributed by atoms with Gasteiger partial charge in [0.15, 0.2) is 0 Å². The first-order chi connectivity index (χ1) is 13.1. The number of thiophene rings is 1. The summed E-state index contributed by atoms with van der Waals surface area (Å²) in [7, 11) is 0. The second kappa shape index (κ2) is 9.24. The SMILES string of the molecule is Cc1cc(C(=O)NCCSCc2ccccc2F)c(C)n1Cc1cccs1. The van der Waals surface area contributed by atoms with Crippen LogP contribution in [0.15, 0.2) is 47.8 Å². The summed E-state index contributed by atoms with van der Waals surface area (Å²) >= 11 is 3.33. The average molecular weight is 403 g/mol. The van der Waals surface area contributed by atoms with Gasteiger partial charge in [0.05, 0.1) is 12.1 Å². The molecule has 0 fully saturated rings. The number of carbonyl (C=O) groups excluding carboxylic acids is 1. The van der Waals surface area contributed by atoms with E-state index in [-0.39, 0.29) is 11.7 Å². The Morgan fingerprint density at radius 2 is 2.04 bits per heavy atom. The molecule has 3 aromatic rings. The second-order valence-corrected chi connectivity index (χ2v) is 8.49. The van der Waals surface area contributed by atoms with Crippen LogP contribution in [0.3, 0.4) is 0 Å². The fourth-order valence-corrected chi connectivity index (χ4v) is 4.50. The van der Waals surface area contributed by atoms with E-state index in [0.29, 0.717) is 17.9 Å². The summed E-state index contributed by atoms with van der Waals surface area (Å²) < 4.78 is 15.8. The van der Waals surface area contributed by atoms with Crippen LogP contribution < -0.4 is 5.32 Å². The highest BCUT2D eigenvalue weighted by Gasteiger charge is 2.15. The maximum absolute atomic E-state index is 13.6. The number of amides is 1. The quantitative estimate of drug-likeness (QED) is 0.537. The van der Waals surface area contributed by atoms with E-state index in [4.69, 9.17) is 0 Å². The van der Waals surface area contributed by atoms with Crippen LogP contribution in [0.5, 0.6) is 0 Å². The second-order valence-electron chi connectivity index (χ2n) is 6.35. The summed E-state index contributed by atoms with van der Waals surface area (Å²) in [5.74, 6) is 1.13. The Morgan fingerprint density at radius 3 is 2.78 bits per heavy atom. The van der Waals surface area contributed by atoms with Gasteiger partial charge in [0.2, 0.25) is 0 Å². The molecular formula is C21H23FN2OS2. The highest BCUT2D eigenvalue weighted by molar-refractivity contribution is 7.98. The van der Waals surface area contributed by atoms with Crippen molar-refractivity contribution in [3.63, 3.8) is 0 Å². The van der Waals surface area contributed by atoms with E-state index in [9.17, 15) is 9.18 Å². The third-order valence-corrected chi connectivity index (χ3v) is 6.33. The van der Waals surface area contributed by atoms with Crippen LogP contribution >= 0.6 is 23.1 Å². The van der Waals surface area contributed by atoms with Crippen LogP contribution in [0.2, 0.25) is 0 Å². The van der Waals surface area contributed by atoms with E-state index in [2.05, 4.69) is 21.3 Å². The van der Waals surface area contributed by atoms with E-state index in [1.165, 1.54) is 10.9 Å². The number of carbonyl (C=O) groups is 1. The Morgan fingerprint density at radius 1 is 1.22 bits per heavy atom. The molecule has 0 aliphatic carbocycles. The molecule has 0 unspecified atom stereocenters. The van der Waals surface area contributed by atoms with Crippen molar-refractivity contribution >= 4 is 29.0 Å². The van der Waals surface area contributed by atoms with Crippen LogP contribution in [0, 0.1) is 19.7 Å². The lowest BCUT2D eigenvalue weighted by molar-refractivity contribution is 0.0955. The van der Waals surface area contributed by atoms with E-state index >= 15 is 0 Å². The zero-order valence-electron chi connectivity index (χ0n) is 15.5. The first-order valence-corrected chi connectivity index (χ1v) is 10.9. The Balaban J connectivity index is 1.50. The minimum Gasteiger partial charge on any atom is -0.351 e. The van der Waals surface area contributed by atoms with Crippen LogP contribution in [-0.2, 0) is 12.3 Å². The molecule has 3 rings (SSSR count). The first-order valence-electron chi connectivity index (χ1n) is 8.84. The molecule has 0 radical (unpaired) electrons. The maximum atomic E-state index is 13.6. The molecule has 1 N–H and O–H groups in total. The molecule has 0 atom stereocenters. The summed E-state index contributed by atoms with van der Waals surface area (Å²) in [6, 6.07) is 12.9. The number of nitrogens with one attached hydrogen (secondary N) is 1. The molecule has 3 nitrogen and oxygen atoms in total. The van der Waals surface area contributed by atoms with Crippen molar-refractivity contribution in [1.29, 1.82) is 0 Å². The minimum atomic E-state index is -0.174.